The predicted octanol–water partition coefficient (Wildman–Crippen LogP) is 4.77. The molecule has 6 atom stereocenters. The molecule has 2 saturated carbocycles. The van der Waals surface area contributed by atoms with Crippen molar-refractivity contribution in [3.8, 4) is 0 Å². The summed E-state index contributed by atoms with van der Waals surface area (Å²) in [5, 5.41) is 11.8. The van der Waals surface area contributed by atoms with Crippen molar-refractivity contribution in [2.75, 3.05) is 10.6 Å². The van der Waals surface area contributed by atoms with Gasteiger partial charge < -0.3 is 20.6 Å². The number of hydrogen-bond donors (Lipinski definition) is 4. The van der Waals surface area contributed by atoms with Crippen LogP contribution in [0.5, 0.6) is 0 Å². The lowest BCUT2D eigenvalue weighted by Gasteiger charge is -2.27. The van der Waals surface area contributed by atoms with E-state index < -0.39 is 0 Å². The van der Waals surface area contributed by atoms with Gasteiger partial charge in [0.05, 0.1) is 0 Å². The summed E-state index contributed by atoms with van der Waals surface area (Å²) in [6.45, 7) is 0. The Kier molecular flexibility index (Phi) is 5.01. The monoisotopic (exact) mass is 526 g/mol. The molecule has 5 heterocycles. The zero-order valence-electron chi connectivity index (χ0n) is 22.0. The number of hydrogen-bond acceptors (Lipinski definition) is 6. The van der Waals surface area contributed by atoms with Gasteiger partial charge in [-0.1, -0.05) is 48.5 Å². The number of amidine groups is 2. The Balaban J connectivity index is 1.29. The molecule has 8 heteroatoms. The third-order valence-electron chi connectivity index (χ3n) is 9.16. The normalized spacial score (nSPS) is 32.5. The van der Waals surface area contributed by atoms with Gasteiger partial charge in [-0.25, -0.2) is 20.0 Å². The topological polar surface area (TPSA) is 105 Å². The highest BCUT2D eigenvalue weighted by molar-refractivity contribution is 6.12. The number of aromatic amines is 2. The van der Waals surface area contributed by atoms with Crippen molar-refractivity contribution in [3.05, 3.63) is 85.2 Å². The molecule has 198 valence electrons. The molecule has 40 heavy (non-hydrogen) atoms. The van der Waals surface area contributed by atoms with Crippen LogP contribution in [0, 0.1) is 49.4 Å². The molecule has 8 nitrogen and oxygen atoms in total. The standard InChI is InChI=1S/C32H30N8/c1-2-10-18-17(9-1)25-33-26(18)38-28-21-13-5-6-14-22(21)30(35-28)40-32-24-16-8-7-15-23(24)31(36-32)39-29-20-12-4-3-11-19(20)27(34-29)37-25/h1-2,7-16,19-22,27-28,36H,3-6H2,(H,34,39)(H,35,40)(H,33,37,38). The Morgan fingerprint density at radius 3 is 1.45 bits per heavy atom. The maximum Gasteiger partial charge on any atom is 0.147 e. The molecule has 2 aromatic heterocycles. The van der Waals surface area contributed by atoms with E-state index >= 15 is 0 Å². The van der Waals surface area contributed by atoms with E-state index in [1.807, 2.05) is 0 Å². The lowest BCUT2D eigenvalue weighted by Crippen LogP contribution is -2.32. The van der Waals surface area contributed by atoms with E-state index in [-0.39, 0.29) is 36.0 Å². The van der Waals surface area contributed by atoms with Gasteiger partial charge in [0.2, 0.25) is 0 Å². The number of rotatable bonds is 0. The number of H-pyrrole nitrogens is 2. The first kappa shape index (κ1) is 22.8. The molecule has 4 N–H and O–H groups in total. The highest BCUT2D eigenvalue weighted by Gasteiger charge is 2.43. The summed E-state index contributed by atoms with van der Waals surface area (Å²) in [7, 11) is 0. The lowest BCUT2D eigenvalue weighted by atomic mass is 9.79. The second-order valence-corrected chi connectivity index (χ2v) is 11.5. The number of nitrogens with one attached hydrogen (secondary N) is 4. The van der Waals surface area contributed by atoms with Gasteiger partial charge in [0.15, 0.2) is 0 Å². The number of nitrogens with zero attached hydrogens (tertiary/aromatic N) is 4. The van der Waals surface area contributed by atoms with Crippen LogP contribution in [0.25, 0.3) is 21.5 Å². The van der Waals surface area contributed by atoms with Crippen LogP contribution >= 0.6 is 0 Å². The van der Waals surface area contributed by atoms with Crippen LogP contribution in [-0.2, 0) is 0 Å². The number of fused-ring (bicyclic) bond motifs is 18. The molecule has 2 aliphatic carbocycles. The van der Waals surface area contributed by atoms with Gasteiger partial charge in [0.25, 0.3) is 0 Å². The van der Waals surface area contributed by atoms with Crippen molar-refractivity contribution in [2.24, 2.45) is 43.6 Å². The molecule has 2 fully saturated rings. The summed E-state index contributed by atoms with van der Waals surface area (Å²) < 4.78 is 0. The van der Waals surface area contributed by atoms with Crippen molar-refractivity contribution in [3.63, 3.8) is 0 Å². The predicted molar refractivity (Wildman–Crippen MR) is 158 cm³/mol. The molecule has 0 spiro atoms. The molecule has 6 unspecified atom stereocenters. The first-order chi connectivity index (χ1) is 19.8. The second-order valence-electron chi connectivity index (χ2n) is 11.5. The van der Waals surface area contributed by atoms with Crippen LogP contribution in [0.1, 0.15) is 25.7 Å². The van der Waals surface area contributed by atoms with Gasteiger partial charge in [0, 0.05) is 45.2 Å². The van der Waals surface area contributed by atoms with E-state index in [4.69, 9.17) is 20.0 Å². The van der Waals surface area contributed by atoms with Crippen LogP contribution in [0.2, 0.25) is 0 Å². The van der Waals surface area contributed by atoms with Gasteiger partial charge >= 0.3 is 0 Å². The summed E-state index contributed by atoms with van der Waals surface area (Å²) >= 11 is 0. The van der Waals surface area contributed by atoms with E-state index in [0.29, 0.717) is 0 Å². The molecular formula is C32H30N8. The van der Waals surface area contributed by atoms with Gasteiger partial charge in [-0.05, 0) is 51.4 Å². The van der Waals surface area contributed by atoms with Crippen molar-refractivity contribution in [2.45, 2.75) is 38.0 Å². The van der Waals surface area contributed by atoms with Crippen LogP contribution in [-0.4, -0.2) is 34.0 Å². The number of aliphatic imine (C=N–C) groups is 2. The minimum Gasteiger partial charge on any atom is -0.329 e. The first-order valence-corrected chi connectivity index (χ1v) is 14.5. The molecule has 2 aromatic carbocycles. The molecule has 8 bridgehead atoms. The molecule has 3 aliphatic heterocycles. The average Bonchev–Trinajstić information content (AvgIpc) is 3.73. The quantitative estimate of drug-likeness (QED) is 0.265. The fraction of sp³-hybridized carbons (Fsp3) is 0.312. The third kappa shape index (κ3) is 3.44. The Hall–Kier alpha value is -3.94. The molecule has 4 aromatic rings. The van der Waals surface area contributed by atoms with Crippen LogP contribution in [0.3, 0.4) is 0 Å². The minimum atomic E-state index is -0.201. The minimum absolute atomic E-state index is 0.201. The zero-order valence-corrected chi connectivity index (χ0v) is 22.0. The summed E-state index contributed by atoms with van der Waals surface area (Å²) in [5.41, 5.74) is 1.69. The molecule has 0 amide bonds. The lowest BCUT2D eigenvalue weighted by molar-refractivity contribution is 0.409. The zero-order chi connectivity index (χ0) is 26.2. The van der Waals surface area contributed by atoms with Crippen LogP contribution < -0.4 is 21.6 Å². The fourth-order valence-corrected chi connectivity index (χ4v) is 7.27. The second kappa shape index (κ2) is 8.78. The van der Waals surface area contributed by atoms with Crippen LogP contribution in [0.15, 0.2) is 68.5 Å². The fourth-order valence-electron chi connectivity index (χ4n) is 7.27. The summed E-state index contributed by atoms with van der Waals surface area (Å²) in [4.78, 5) is 28.1. The largest absolute Gasteiger partial charge is 0.329 e. The third-order valence-corrected chi connectivity index (χ3v) is 9.16. The average molecular weight is 527 g/mol. The Morgan fingerprint density at radius 2 is 0.950 bits per heavy atom. The number of aromatic nitrogens is 2. The van der Waals surface area contributed by atoms with Gasteiger partial charge in [-0.15, -0.1) is 0 Å². The SMILES string of the molecule is [CH]1CC[CH]C2C3N=C(Nc4[nH]c(c5ccccc45)NC4=NC(/N=c5\[nH]/c(c6ccccc56)=N\3)C3[CH]CC[CH]C43)C12. The maximum absolute atomic E-state index is 5.25. The molecule has 4 radical (unpaired) electrons. The summed E-state index contributed by atoms with van der Waals surface area (Å²) in [5.74, 6) is 4.69. The number of anilines is 2. The highest BCUT2D eigenvalue weighted by atomic mass is 15.2. The molecular weight excluding hydrogens is 496 g/mol. The molecule has 5 aliphatic rings. The summed E-state index contributed by atoms with van der Waals surface area (Å²) in [6, 6.07) is 16.9. The van der Waals surface area contributed by atoms with Gasteiger partial charge in [0.1, 0.15) is 46.6 Å². The van der Waals surface area contributed by atoms with Crippen molar-refractivity contribution in [1.29, 1.82) is 0 Å². The molecule has 0 saturated heterocycles. The Bertz CT molecular complexity index is 1700. The summed E-state index contributed by atoms with van der Waals surface area (Å²) in [6.07, 6.45) is 13.4. The van der Waals surface area contributed by atoms with E-state index in [2.05, 4.69) is 94.8 Å². The van der Waals surface area contributed by atoms with Gasteiger partial charge in [-0.2, -0.15) is 0 Å². The van der Waals surface area contributed by atoms with E-state index in [1.165, 1.54) is 0 Å². The molecule has 9 rings (SSSR count). The van der Waals surface area contributed by atoms with E-state index in [9.17, 15) is 0 Å². The number of benzene rings is 2. The first-order valence-electron chi connectivity index (χ1n) is 14.5. The van der Waals surface area contributed by atoms with Crippen molar-refractivity contribution < 1.29 is 0 Å². The Labute approximate surface area is 232 Å². The van der Waals surface area contributed by atoms with Crippen molar-refractivity contribution >= 4 is 44.9 Å². The van der Waals surface area contributed by atoms with Crippen LogP contribution in [0.4, 0.5) is 11.6 Å². The van der Waals surface area contributed by atoms with Gasteiger partial charge in [-0.3, -0.25) is 0 Å². The maximum atomic E-state index is 5.25. The van der Waals surface area contributed by atoms with Crippen molar-refractivity contribution in [1.82, 2.24) is 9.97 Å². The smallest absolute Gasteiger partial charge is 0.147 e. The Morgan fingerprint density at radius 1 is 0.500 bits per heavy atom. The highest BCUT2D eigenvalue weighted by Crippen LogP contribution is 2.42. The van der Waals surface area contributed by atoms with E-state index in [0.717, 1.165) is 81.5 Å². The van der Waals surface area contributed by atoms with E-state index in [1.54, 1.807) is 0 Å².